The molecule has 0 aromatic heterocycles. The molecule has 164 valence electrons. The first-order valence-electron chi connectivity index (χ1n) is 10.9. The van der Waals surface area contributed by atoms with Crippen LogP contribution in [0.25, 0.3) is 0 Å². The monoisotopic (exact) mass is 444 g/mol. The number of hydrogen-bond donors (Lipinski definition) is 0. The molecular formula is C28H29O3P. The van der Waals surface area contributed by atoms with Crippen molar-refractivity contribution >= 4 is 7.94 Å². The van der Waals surface area contributed by atoms with Gasteiger partial charge in [-0.1, -0.05) is 0 Å². The molecular weight excluding hydrogens is 415 g/mol. The second-order valence-electron chi connectivity index (χ2n) is 7.67. The van der Waals surface area contributed by atoms with Crippen molar-refractivity contribution in [2.45, 2.75) is 26.0 Å². The predicted molar refractivity (Wildman–Crippen MR) is 132 cm³/mol. The molecule has 0 amide bonds. The number of benzene rings is 4. The van der Waals surface area contributed by atoms with Gasteiger partial charge in [0.15, 0.2) is 0 Å². The van der Waals surface area contributed by atoms with Gasteiger partial charge in [-0.25, -0.2) is 0 Å². The third kappa shape index (κ3) is 6.85. The van der Waals surface area contributed by atoms with Gasteiger partial charge in [-0.15, -0.1) is 0 Å². The quantitative estimate of drug-likeness (QED) is 0.227. The van der Waals surface area contributed by atoms with Gasteiger partial charge in [0.1, 0.15) is 0 Å². The van der Waals surface area contributed by atoms with E-state index in [9.17, 15) is 0 Å². The van der Waals surface area contributed by atoms with Crippen molar-refractivity contribution in [1.82, 2.24) is 0 Å². The molecule has 0 aliphatic carbocycles. The fourth-order valence-electron chi connectivity index (χ4n) is 3.43. The third-order valence-electron chi connectivity index (χ3n) is 5.17. The second-order valence-corrected chi connectivity index (χ2v) is 10.3. The molecule has 4 rings (SSSR count). The van der Waals surface area contributed by atoms with E-state index in [2.05, 4.69) is 48.5 Å². The van der Waals surface area contributed by atoms with Crippen molar-refractivity contribution in [2.75, 3.05) is 0 Å². The number of hydrogen-bond acceptors (Lipinski definition) is 3. The Kier molecular flexibility index (Phi) is 8.19. The molecule has 4 aromatic carbocycles. The van der Waals surface area contributed by atoms with Crippen molar-refractivity contribution in [3.8, 4) is 0 Å². The molecule has 4 aromatic rings. The Balaban J connectivity index is 1.59. The molecule has 0 fully saturated rings. The first-order valence-corrected chi connectivity index (χ1v) is 12.8. The maximum absolute atomic E-state index is 6.56. The predicted octanol–water partition coefficient (Wildman–Crippen LogP) is 7.33. The van der Waals surface area contributed by atoms with Gasteiger partial charge in [0, 0.05) is 0 Å². The second kappa shape index (κ2) is 11.7. The van der Waals surface area contributed by atoms with E-state index >= 15 is 0 Å². The SMILES string of the molecule is c1ccc(CO[PH](Cc2ccccc2)(OCc2ccccc2)OCc2ccccc2)cc1. The van der Waals surface area contributed by atoms with Crippen LogP contribution in [-0.2, 0) is 39.6 Å². The van der Waals surface area contributed by atoms with Crippen LogP contribution in [0.1, 0.15) is 22.3 Å². The Hall–Kier alpha value is -2.81. The van der Waals surface area contributed by atoms with E-state index < -0.39 is 7.94 Å². The first kappa shape index (κ1) is 22.4. The molecule has 3 nitrogen and oxygen atoms in total. The molecule has 0 saturated heterocycles. The van der Waals surface area contributed by atoms with Crippen LogP contribution in [0.15, 0.2) is 121 Å². The summed E-state index contributed by atoms with van der Waals surface area (Å²) in [5.41, 5.74) is 4.45. The van der Waals surface area contributed by atoms with Crippen molar-refractivity contribution in [3.63, 3.8) is 0 Å². The van der Waals surface area contributed by atoms with Gasteiger partial charge in [0.25, 0.3) is 0 Å². The van der Waals surface area contributed by atoms with Gasteiger partial charge < -0.3 is 0 Å². The molecule has 0 heterocycles. The fraction of sp³-hybridized carbons (Fsp3) is 0.143. The minimum atomic E-state index is -3.08. The summed E-state index contributed by atoms with van der Waals surface area (Å²) in [6.45, 7) is 1.34. The summed E-state index contributed by atoms with van der Waals surface area (Å²) in [6, 6.07) is 40.9. The van der Waals surface area contributed by atoms with E-state index in [1.807, 2.05) is 72.8 Å². The van der Waals surface area contributed by atoms with E-state index in [4.69, 9.17) is 13.6 Å². The molecule has 0 atom stereocenters. The molecule has 0 saturated carbocycles. The first-order chi connectivity index (χ1) is 15.8. The van der Waals surface area contributed by atoms with Crippen LogP contribution in [-0.4, -0.2) is 0 Å². The molecule has 0 spiro atoms. The summed E-state index contributed by atoms with van der Waals surface area (Å²) in [7, 11) is -3.08. The normalized spacial score (nSPS) is 11.9. The molecule has 0 aliphatic heterocycles. The standard InChI is InChI=1S/C28H29O3P/c1-5-13-25(14-6-1)21-29-32(24-28-19-11-4-12-20-28,30-22-26-15-7-2-8-16-26)31-23-27-17-9-3-10-18-27/h1-20,32H,21-24H2. The summed E-state index contributed by atoms with van der Waals surface area (Å²) < 4.78 is 19.7. The van der Waals surface area contributed by atoms with Crippen LogP contribution in [0.4, 0.5) is 0 Å². The Morgan fingerprint density at radius 3 is 0.969 bits per heavy atom. The van der Waals surface area contributed by atoms with Crippen LogP contribution in [0.2, 0.25) is 0 Å². The zero-order chi connectivity index (χ0) is 21.9. The van der Waals surface area contributed by atoms with E-state index in [0.717, 1.165) is 22.3 Å². The molecule has 4 heteroatoms. The van der Waals surface area contributed by atoms with Crippen molar-refractivity contribution in [1.29, 1.82) is 0 Å². The van der Waals surface area contributed by atoms with E-state index in [0.29, 0.717) is 26.0 Å². The molecule has 0 unspecified atom stereocenters. The summed E-state index contributed by atoms with van der Waals surface area (Å²) in [6.07, 6.45) is 0.611. The Morgan fingerprint density at radius 1 is 0.375 bits per heavy atom. The summed E-state index contributed by atoms with van der Waals surface area (Å²) in [5.74, 6) is 0. The summed E-state index contributed by atoms with van der Waals surface area (Å²) >= 11 is 0. The average Bonchev–Trinajstić information content (AvgIpc) is 2.87. The van der Waals surface area contributed by atoms with Crippen LogP contribution in [0, 0.1) is 0 Å². The van der Waals surface area contributed by atoms with Crippen molar-refractivity contribution in [2.24, 2.45) is 0 Å². The Labute approximate surface area is 191 Å². The van der Waals surface area contributed by atoms with Crippen LogP contribution in [0.5, 0.6) is 0 Å². The molecule has 0 aliphatic rings. The molecule has 0 bridgehead atoms. The van der Waals surface area contributed by atoms with Crippen LogP contribution >= 0.6 is 7.94 Å². The third-order valence-corrected chi connectivity index (χ3v) is 7.76. The van der Waals surface area contributed by atoms with Gasteiger partial charge in [-0.05, 0) is 0 Å². The maximum atomic E-state index is 6.56. The molecule has 32 heavy (non-hydrogen) atoms. The number of rotatable bonds is 11. The Morgan fingerprint density at radius 2 is 0.656 bits per heavy atom. The minimum absolute atomic E-state index is 0.448. The van der Waals surface area contributed by atoms with Gasteiger partial charge in [-0.3, -0.25) is 0 Å². The molecule has 0 radical (unpaired) electrons. The zero-order valence-electron chi connectivity index (χ0n) is 18.1. The van der Waals surface area contributed by atoms with Crippen LogP contribution < -0.4 is 0 Å². The van der Waals surface area contributed by atoms with E-state index in [1.165, 1.54) is 0 Å². The van der Waals surface area contributed by atoms with Gasteiger partial charge in [-0.2, -0.15) is 0 Å². The topological polar surface area (TPSA) is 27.7 Å². The fourth-order valence-corrected chi connectivity index (χ4v) is 5.88. The summed E-state index contributed by atoms with van der Waals surface area (Å²) in [4.78, 5) is 0. The Bertz CT molecular complexity index is 935. The van der Waals surface area contributed by atoms with Gasteiger partial charge in [0.05, 0.1) is 0 Å². The average molecular weight is 445 g/mol. The van der Waals surface area contributed by atoms with Gasteiger partial charge in [0.2, 0.25) is 0 Å². The molecule has 0 N–H and O–H groups in total. The van der Waals surface area contributed by atoms with E-state index in [-0.39, 0.29) is 0 Å². The van der Waals surface area contributed by atoms with Crippen molar-refractivity contribution < 1.29 is 13.6 Å². The van der Waals surface area contributed by atoms with Gasteiger partial charge >= 0.3 is 191 Å². The van der Waals surface area contributed by atoms with E-state index in [1.54, 1.807) is 0 Å². The van der Waals surface area contributed by atoms with Crippen molar-refractivity contribution in [3.05, 3.63) is 144 Å². The summed E-state index contributed by atoms with van der Waals surface area (Å²) in [5, 5.41) is 0. The van der Waals surface area contributed by atoms with Crippen LogP contribution in [0.3, 0.4) is 0 Å². The zero-order valence-corrected chi connectivity index (χ0v) is 19.1.